The highest BCUT2D eigenvalue weighted by molar-refractivity contribution is 6.24. The molecule has 1 N–H and O–H groups in total. The molecular weight excluding hydrogens is 396 g/mol. The predicted octanol–water partition coefficient (Wildman–Crippen LogP) is 7.76. The van der Waals surface area contributed by atoms with Gasteiger partial charge in [-0.2, -0.15) is 0 Å². The largest absolute Gasteiger partial charge is 0.390 e. The summed E-state index contributed by atoms with van der Waals surface area (Å²) < 4.78 is 0. The zero-order valence-electron chi connectivity index (χ0n) is 22.3. The summed E-state index contributed by atoms with van der Waals surface area (Å²) >= 11 is 0. The predicted molar refractivity (Wildman–Crippen MR) is 136 cm³/mol. The first-order valence-corrected chi connectivity index (χ1v) is 13.0. The Kier molecular flexibility index (Phi) is 12.1. The summed E-state index contributed by atoms with van der Waals surface area (Å²) in [4.78, 5) is 24.9. The van der Waals surface area contributed by atoms with Gasteiger partial charge in [0.25, 0.3) is 0 Å². The second-order valence-corrected chi connectivity index (χ2v) is 11.4. The first-order chi connectivity index (χ1) is 14.9. The maximum atomic E-state index is 12.6. The first kappa shape index (κ1) is 28.8. The molecule has 0 aliphatic heterocycles. The lowest BCUT2D eigenvalue weighted by Crippen LogP contribution is -2.27. The molecule has 184 valence electrons. The quantitative estimate of drug-likeness (QED) is 0.261. The molecule has 3 nitrogen and oxygen atoms in total. The molecule has 1 unspecified atom stereocenters. The molecule has 0 aromatic carbocycles. The van der Waals surface area contributed by atoms with Gasteiger partial charge in [-0.25, -0.2) is 0 Å². The third kappa shape index (κ3) is 9.73. The normalized spacial score (nSPS) is 19.1. The van der Waals surface area contributed by atoms with Crippen LogP contribution in [0.15, 0.2) is 22.3 Å². The van der Waals surface area contributed by atoms with Crippen LogP contribution in [-0.2, 0) is 9.59 Å². The fraction of sp³-hybridized carbons (Fsp3) is 0.793. The van der Waals surface area contributed by atoms with Gasteiger partial charge in [0.2, 0.25) is 0 Å². The molecule has 0 saturated carbocycles. The maximum absolute atomic E-state index is 12.6. The van der Waals surface area contributed by atoms with Crippen LogP contribution in [0.25, 0.3) is 0 Å². The van der Waals surface area contributed by atoms with Gasteiger partial charge in [0.1, 0.15) is 0 Å². The zero-order valence-corrected chi connectivity index (χ0v) is 22.3. The second-order valence-electron chi connectivity index (χ2n) is 11.4. The minimum Gasteiger partial charge on any atom is -0.390 e. The van der Waals surface area contributed by atoms with Crippen molar-refractivity contribution in [3.05, 3.63) is 22.3 Å². The minimum atomic E-state index is -0.800. The number of Topliss-reactive ketones (excluding diaryl/α,β-unsaturated/α-hetero) is 2. The van der Waals surface area contributed by atoms with E-state index in [2.05, 4.69) is 27.7 Å². The van der Waals surface area contributed by atoms with Crippen molar-refractivity contribution in [3.63, 3.8) is 0 Å². The van der Waals surface area contributed by atoms with Gasteiger partial charge in [-0.3, -0.25) is 9.59 Å². The number of hydrogen-bond donors (Lipinski definition) is 1. The van der Waals surface area contributed by atoms with Gasteiger partial charge in [0.15, 0.2) is 11.6 Å². The fourth-order valence-corrected chi connectivity index (χ4v) is 4.79. The Hall–Kier alpha value is -1.22. The molecule has 0 fully saturated rings. The summed E-state index contributed by atoms with van der Waals surface area (Å²) in [6, 6.07) is 0. The topological polar surface area (TPSA) is 54.4 Å². The summed E-state index contributed by atoms with van der Waals surface area (Å²) in [5.74, 6) is 2.28. The molecule has 3 heteroatoms. The van der Waals surface area contributed by atoms with Crippen LogP contribution in [0.3, 0.4) is 0 Å². The Labute approximate surface area is 198 Å². The van der Waals surface area contributed by atoms with Gasteiger partial charge in [-0.05, 0) is 64.7 Å². The lowest BCUT2D eigenvalue weighted by atomic mass is 9.81. The number of ketones is 2. The highest BCUT2D eigenvalue weighted by Crippen LogP contribution is 2.31. The summed E-state index contributed by atoms with van der Waals surface area (Å²) in [6.45, 7) is 16.4. The van der Waals surface area contributed by atoms with E-state index >= 15 is 0 Å². The molecule has 0 heterocycles. The standard InChI is InChI=1S/C29H50O3/c1-20(2)12-9-13-21(3)14-10-15-22(4)16-11-18-29(8,32)19-17-26-25(7)27(30)23(5)24(6)28(26)31/h20-22,32H,9-19H2,1-8H3/t21-,22-,29?/m0/s1. The van der Waals surface area contributed by atoms with Crippen molar-refractivity contribution in [2.75, 3.05) is 0 Å². The third-order valence-corrected chi connectivity index (χ3v) is 7.51. The van der Waals surface area contributed by atoms with Gasteiger partial charge in [0, 0.05) is 22.3 Å². The number of rotatable bonds is 15. The second kappa shape index (κ2) is 13.5. The van der Waals surface area contributed by atoms with Gasteiger partial charge >= 0.3 is 0 Å². The van der Waals surface area contributed by atoms with Crippen LogP contribution >= 0.6 is 0 Å². The molecule has 0 spiro atoms. The van der Waals surface area contributed by atoms with Crippen molar-refractivity contribution < 1.29 is 14.7 Å². The third-order valence-electron chi connectivity index (χ3n) is 7.51. The number of aliphatic hydroxyl groups is 1. The molecule has 1 rings (SSSR count). The van der Waals surface area contributed by atoms with E-state index < -0.39 is 5.60 Å². The van der Waals surface area contributed by atoms with E-state index in [-0.39, 0.29) is 11.6 Å². The van der Waals surface area contributed by atoms with E-state index in [1.54, 1.807) is 20.8 Å². The molecule has 0 radical (unpaired) electrons. The molecule has 0 aromatic heterocycles. The molecular formula is C29H50O3. The van der Waals surface area contributed by atoms with Crippen LogP contribution < -0.4 is 0 Å². The van der Waals surface area contributed by atoms with Gasteiger partial charge in [0.05, 0.1) is 5.60 Å². The summed E-state index contributed by atoms with van der Waals surface area (Å²) in [5.41, 5.74) is 1.46. The van der Waals surface area contributed by atoms with E-state index in [1.807, 2.05) is 6.92 Å². The maximum Gasteiger partial charge on any atom is 0.185 e. The van der Waals surface area contributed by atoms with Crippen molar-refractivity contribution in [1.82, 2.24) is 0 Å². The average molecular weight is 447 g/mol. The van der Waals surface area contributed by atoms with E-state index in [0.29, 0.717) is 41.1 Å². The van der Waals surface area contributed by atoms with Crippen molar-refractivity contribution in [1.29, 1.82) is 0 Å². The number of hydrogen-bond acceptors (Lipinski definition) is 3. The van der Waals surface area contributed by atoms with Crippen molar-refractivity contribution >= 4 is 11.6 Å². The highest BCUT2D eigenvalue weighted by atomic mass is 16.3. The Morgan fingerprint density at radius 3 is 1.69 bits per heavy atom. The molecule has 0 amide bonds. The molecule has 0 saturated heterocycles. The lowest BCUT2D eigenvalue weighted by Gasteiger charge is -2.26. The summed E-state index contributed by atoms with van der Waals surface area (Å²) in [6.07, 6.45) is 11.8. The Morgan fingerprint density at radius 1 is 0.688 bits per heavy atom. The molecule has 32 heavy (non-hydrogen) atoms. The Bertz CT molecular complexity index is 693. The number of carbonyl (C=O) groups excluding carboxylic acids is 2. The average Bonchev–Trinajstić information content (AvgIpc) is 2.70. The van der Waals surface area contributed by atoms with Crippen LogP contribution in [0.2, 0.25) is 0 Å². The summed E-state index contributed by atoms with van der Waals surface area (Å²) in [7, 11) is 0. The van der Waals surface area contributed by atoms with Gasteiger partial charge in [-0.15, -0.1) is 0 Å². The van der Waals surface area contributed by atoms with Crippen molar-refractivity contribution in [2.24, 2.45) is 17.8 Å². The smallest absolute Gasteiger partial charge is 0.185 e. The minimum absolute atomic E-state index is 0.0255. The van der Waals surface area contributed by atoms with Gasteiger partial charge < -0.3 is 5.11 Å². The SMILES string of the molecule is CC1=C(C)C(=O)C(CCC(C)(O)CCC[C@@H](C)CCC[C@@H](C)CCCC(C)C)=C(C)C1=O. The first-order valence-electron chi connectivity index (χ1n) is 13.0. The van der Waals surface area contributed by atoms with Crippen LogP contribution in [0.1, 0.15) is 126 Å². The fourth-order valence-electron chi connectivity index (χ4n) is 4.79. The Morgan fingerprint density at radius 2 is 1.16 bits per heavy atom. The van der Waals surface area contributed by atoms with E-state index in [4.69, 9.17) is 0 Å². The monoisotopic (exact) mass is 446 g/mol. The van der Waals surface area contributed by atoms with Crippen LogP contribution in [0.4, 0.5) is 0 Å². The van der Waals surface area contributed by atoms with Crippen LogP contribution in [0.5, 0.6) is 0 Å². The highest BCUT2D eigenvalue weighted by Gasteiger charge is 2.29. The summed E-state index contributed by atoms with van der Waals surface area (Å²) in [5, 5.41) is 10.9. The molecule has 1 aliphatic rings. The molecule has 0 aromatic rings. The van der Waals surface area contributed by atoms with Crippen molar-refractivity contribution in [2.45, 2.75) is 132 Å². The van der Waals surface area contributed by atoms with E-state index in [1.165, 1.54) is 38.5 Å². The molecule has 0 bridgehead atoms. The number of carbonyl (C=O) groups is 2. The zero-order chi connectivity index (χ0) is 24.5. The van der Waals surface area contributed by atoms with Crippen LogP contribution in [0, 0.1) is 17.8 Å². The van der Waals surface area contributed by atoms with E-state index in [0.717, 1.165) is 31.1 Å². The van der Waals surface area contributed by atoms with E-state index in [9.17, 15) is 14.7 Å². The molecule has 1 aliphatic carbocycles. The lowest BCUT2D eigenvalue weighted by molar-refractivity contribution is -0.116. The van der Waals surface area contributed by atoms with Gasteiger partial charge in [-0.1, -0.05) is 79.1 Å². The van der Waals surface area contributed by atoms with Crippen molar-refractivity contribution in [3.8, 4) is 0 Å². The molecule has 3 atom stereocenters. The Balaban J connectivity index is 2.32. The number of allylic oxidation sites excluding steroid dienone is 4. The van der Waals surface area contributed by atoms with Crippen LogP contribution in [-0.4, -0.2) is 22.3 Å².